The fraction of sp³-hybridized carbons (Fsp3) is 0.235. The number of aromatic nitrogens is 1. The Morgan fingerprint density at radius 2 is 1.90 bits per heavy atom. The maximum Gasteiger partial charge on any atom is 0.184 e. The van der Waals surface area contributed by atoms with Crippen molar-refractivity contribution in [2.45, 2.75) is 26.3 Å². The normalized spacial score (nSPS) is 11.2. The lowest BCUT2D eigenvalue weighted by Gasteiger charge is -2.07. The number of thiazole rings is 1. The van der Waals surface area contributed by atoms with Crippen LogP contribution in [0.2, 0.25) is 5.02 Å². The van der Waals surface area contributed by atoms with Gasteiger partial charge in [-0.05, 0) is 35.2 Å². The number of fused-ring (bicyclic) bond motifs is 1. The fourth-order valence-corrected chi connectivity index (χ4v) is 3.31. The number of nitrogens with one attached hydrogen (secondary N) is 1. The van der Waals surface area contributed by atoms with Gasteiger partial charge in [-0.1, -0.05) is 61.1 Å². The molecule has 0 bridgehead atoms. The molecule has 0 saturated carbocycles. The molecule has 2 aromatic carbocycles. The molecule has 1 aromatic heterocycles. The Kier molecular flexibility index (Phi) is 4.13. The smallest absolute Gasteiger partial charge is 0.184 e. The van der Waals surface area contributed by atoms with Crippen molar-refractivity contribution in [2.75, 3.05) is 5.32 Å². The molecule has 4 heteroatoms. The van der Waals surface area contributed by atoms with Crippen molar-refractivity contribution in [1.82, 2.24) is 4.98 Å². The van der Waals surface area contributed by atoms with Crippen LogP contribution in [0.1, 0.15) is 30.9 Å². The van der Waals surface area contributed by atoms with Gasteiger partial charge in [-0.3, -0.25) is 0 Å². The number of halogens is 1. The molecule has 1 heterocycles. The van der Waals surface area contributed by atoms with Crippen molar-refractivity contribution in [2.24, 2.45) is 0 Å². The van der Waals surface area contributed by atoms with E-state index in [1.54, 1.807) is 11.3 Å². The van der Waals surface area contributed by atoms with Crippen LogP contribution in [0.4, 0.5) is 5.13 Å². The molecule has 0 radical (unpaired) electrons. The summed E-state index contributed by atoms with van der Waals surface area (Å²) < 4.78 is 1.11. The Bertz CT molecular complexity index is 747. The van der Waals surface area contributed by atoms with Crippen molar-refractivity contribution < 1.29 is 0 Å². The minimum Gasteiger partial charge on any atom is -0.357 e. The molecule has 1 N–H and O–H groups in total. The maximum absolute atomic E-state index is 6.00. The van der Waals surface area contributed by atoms with Gasteiger partial charge in [0, 0.05) is 11.6 Å². The van der Waals surface area contributed by atoms with E-state index < -0.39 is 0 Å². The summed E-state index contributed by atoms with van der Waals surface area (Å²) in [7, 11) is 0. The maximum atomic E-state index is 6.00. The first-order valence-electron chi connectivity index (χ1n) is 7.00. The molecule has 0 fully saturated rings. The van der Waals surface area contributed by atoms with Crippen LogP contribution in [-0.2, 0) is 6.54 Å². The van der Waals surface area contributed by atoms with Crippen molar-refractivity contribution in [3.63, 3.8) is 0 Å². The summed E-state index contributed by atoms with van der Waals surface area (Å²) >= 11 is 7.63. The molecule has 0 saturated heterocycles. The lowest BCUT2D eigenvalue weighted by atomic mass is 10.0. The predicted molar refractivity (Wildman–Crippen MR) is 92.5 cm³/mol. The summed E-state index contributed by atoms with van der Waals surface area (Å²) in [6.07, 6.45) is 0. The van der Waals surface area contributed by atoms with Gasteiger partial charge in [-0.2, -0.15) is 0 Å². The van der Waals surface area contributed by atoms with Crippen LogP contribution in [0.25, 0.3) is 10.2 Å². The first-order chi connectivity index (χ1) is 10.1. The summed E-state index contributed by atoms with van der Waals surface area (Å²) in [6.45, 7) is 5.20. The molecular formula is C17H17ClN2S. The van der Waals surface area contributed by atoms with Gasteiger partial charge in [-0.25, -0.2) is 4.98 Å². The number of hydrogen-bond donors (Lipinski definition) is 1. The van der Waals surface area contributed by atoms with E-state index in [2.05, 4.69) is 48.4 Å². The molecule has 21 heavy (non-hydrogen) atoms. The lowest BCUT2D eigenvalue weighted by molar-refractivity contribution is 0.865. The van der Waals surface area contributed by atoms with Gasteiger partial charge in [0.2, 0.25) is 0 Å². The Morgan fingerprint density at radius 3 is 2.62 bits per heavy atom. The second-order valence-electron chi connectivity index (χ2n) is 5.38. The fourth-order valence-electron chi connectivity index (χ4n) is 2.17. The summed E-state index contributed by atoms with van der Waals surface area (Å²) in [5.74, 6) is 0.570. The average molecular weight is 317 g/mol. The van der Waals surface area contributed by atoms with Crippen LogP contribution in [0, 0.1) is 0 Å². The zero-order chi connectivity index (χ0) is 14.8. The summed E-state index contributed by atoms with van der Waals surface area (Å²) in [4.78, 5) is 4.56. The largest absolute Gasteiger partial charge is 0.357 e. The van der Waals surface area contributed by atoms with Crippen LogP contribution >= 0.6 is 22.9 Å². The van der Waals surface area contributed by atoms with E-state index in [4.69, 9.17) is 11.6 Å². The standard InChI is InChI=1S/C17H17ClN2S/c1-11(2)13-5-3-12(4-6-13)10-19-17-20-15-8-7-14(18)9-16(15)21-17/h3-9,11H,10H2,1-2H3,(H,19,20). The average Bonchev–Trinajstić information content (AvgIpc) is 2.87. The third-order valence-electron chi connectivity index (χ3n) is 3.44. The molecule has 2 nitrogen and oxygen atoms in total. The number of rotatable bonds is 4. The predicted octanol–water partition coefficient (Wildman–Crippen LogP) is 5.69. The Morgan fingerprint density at radius 1 is 1.14 bits per heavy atom. The van der Waals surface area contributed by atoms with E-state index in [0.717, 1.165) is 26.9 Å². The van der Waals surface area contributed by atoms with Gasteiger partial charge in [-0.15, -0.1) is 0 Å². The number of anilines is 1. The van der Waals surface area contributed by atoms with Crippen molar-refractivity contribution in [3.8, 4) is 0 Å². The van der Waals surface area contributed by atoms with Crippen molar-refractivity contribution >= 4 is 38.3 Å². The second kappa shape index (κ2) is 6.04. The summed E-state index contributed by atoms with van der Waals surface area (Å²) in [5, 5.41) is 5.07. The highest BCUT2D eigenvalue weighted by atomic mass is 35.5. The zero-order valence-corrected chi connectivity index (χ0v) is 13.6. The van der Waals surface area contributed by atoms with Crippen LogP contribution in [0.15, 0.2) is 42.5 Å². The molecule has 108 valence electrons. The van der Waals surface area contributed by atoms with Gasteiger partial charge >= 0.3 is 0 Å². The molecule has 3 aromatic rings. The SMILES string of the molecule is CC(C)c1ccc(CNc2nc3ccc(Cl)cc3s2)cc1. The van der Waals surface area contributed by atoms with Crippen LogP contribution in [0.3, 0.4) is 0 Å². The molecule has 0 spiro atoms. The minimum atomic E-state index is 0.570. The molecule has 0 aliphatic heterocycles. The highest BCUT2D eigenvalue weighted by Crippen LogP contribution is 2.28. The monoisotopic (exact) mass is 316 g/mol. The molecule has 0 aliphatic rings. The molecular weight excluding hydrogens is 300 g/mol. The molecule has 0 amide bonds. The first-order valence-corrected chi connectivity index (χ1v) is 8.20. The van der Waals surface area contributed by atoms with Gasteiger partial charge < -0.3 is 5.32 Å². The Balaban J connectivity index is 1.71. The number of nitrogens with zero attached hydrogens (tertiary/aromatic N) is 1. The highest BCUT2D eigenvalue weighted by molar-refractivity contribution is 7.22. The molecule has 0 unspecified atom stereocenters. The minimum absolute atomic E-state index is 0.570. The Hall–Kier alpha value is -1.58. The van der Waals surface area contributed by atoms with Crippen molar-refractivity contribution in [3.05, 3.63) is 58.6 Å². The van der Waals surface area contributed by atoms with E-state index in [-0.39, 0.29) is 0 Å². The number of hydrogen-bond acceptors (Lipinski definition) is 3. The van der Waals surface area contributed by atoms with E-state index in [0.29, 0.717) is 5.92 Å². The van der Waals surface area contributed by atoms with Crippen LogP contribution in [0.5, 0.6) is 0 Å². The van der Waals surface area contributed by atoms with E-state index in [1.807, 2.05) is 18.2 Å². The highest BCUT2D eigenvalue weighted by Gasteiger charge is 2.04. The van der Waals surface area contributed by atoms with Gasteiger partial charge in [0.25, 0.3) is 0 Å². The molecule has 0 aliphatic carbocycles. The van der Waals surface area contributed by atoms with Gasteiger partial charge in [0.1, 0.15) is 0 Å². The molecule has 3 rings (SSSR count). The third-order valence-corrected chi connectivity index (χ3v) is 4.65. The summed E-state index contributed by atoms with van der Waals surface area (Å²) in [5.41, 5.74) is 3.62. The third kappa shape index (κ3) is 3.36. The van der Waals surface area contributed by atoms with Crippen LogP contribution in [-0.4, -0.2) is 4.98 Å². The van der Waals surface area contributed by atoms with E-state index in [9.17, 15) is 0 Å². The summed E-state index contributed by atoms with van der Waals surface area (Å²) in [6, 6.07) is 14.5. The van der Waals surface area contributed by atoms with E-state index in [1.165, 1.54) is 11.1 Å². The Labute approximate surface area is 133 Å². The van der Waals surface area contributed by atoms with Gasteiger partial charge in [0.05, 0.1) is 10.2 Å². The lowest BCUT2D eigenvalue weighted by Crippen LogP contribution is -1.99. The van der Waals surface area contributed by atoms with E-state index >= 15 is 0 Å². The number of benzene rings is 2. The zero-order valence-electron chi connectivity index (χ0n) is 12.1. The van der Waals surface area contributed by atoms with Crippen LogP contribution < -0.4 is 5.32 Å². The molecule has 0 atom stereocenters. The second-order valence-corrected chi connectivity index (χ2v) is 6.85. The first kappa shape index (κ1) is 14.4. The van der Waals surface area contributed by atoms with Crippen molar-refractivity contribution in [1.29, 1.82) is 0 Å². The topological polar surface area (TPSA) is 24.9 Å². The quantitative estimate of drug-likeness (QED) is 0.669. The van der Waals surface area contributed by atoms with Gasteiger partial charge in [0.15, 0.2) is 5.13 Å².